The van der Waals surface area contributed by atoms with Crippen molar-refractivity contribution in [3.8, 4) is 17.1 Å². The van der Waals surface area contributed by atoms with E-state index in [4.69, 9.17) is 14.9 Å². The third-order valence-corrected chi connectivity index (χ3v) is 7.52. The number of nitrogens with one attached hydrogen (secondary N) is 3. The van der Waals surface area contributed by atoms with E-state index in [1.807, 2.05) is 122 Å². The van der Waals surface area contributed by atoms with Crippen LogP contribution < -0.4 is 20.9 Å². The highest BCUT2D eigenvalue weighted by Gasteiger charge is 2.13. The number of hydrazone groups is 2. The van der Waals surface area contributed by atoms with Gasteiger partial charge in [-0.2, -0.15) is 30.4 Å². The minimum absolute atomic E-state index is 0.258. The van der Waals surface area contributed by atoms with Crippen LogP contribution in [0.15, 0.2) is 101 Å². The first kappa shape index (κ1) is 30.7. The van der Waals surface area contributed by atoms with Crippen molar-refractivity contribution in [3.05, 3.63) is 125 Å². The van der Waals surface area contributed by atoms with E-state index in [0.717, 1.165) is 51.0 Å². The number of aromatic nitrogens is 6. The maximum absolute atomic E-state index is 5.52. The number of ether oxygens (including phenoxy) is 1. The molecule has 0 atom stereocenters. The van der Waals surface area contributed by atoms with E-state index in [2.05, 4.69) is 36.3 Å². The summed E-state index contributed by atoms with van der Waals surface area (Å²) < 4.78 is 9.33. The van der Waals surface area contributed by atoms with Gasteiger partial charge in [0.05, 0.1) is 59.4 Å². The molecular weight excluding hydrogens is 590 g/mol. The molecule has 3 N–H and O–H groups in total. The number of anilines is 4. The Balaban J connectivity index is 1.26. The van der Waals surface area contributed by atoms with E-state index in [0.29, 0.717) is 17.4 Å². The van der Waals surface area contributed by atoms with Crippen LogP contribution >= 0.6 is 0 Å². The van der Waals surface area contributed by atoms with Crippen molar-refractivity contribution in [3.63, 3.8) is 0 Å². The zero-order valence-corrected chi connectivity index (χ0v) is 26.8. The maximum Gasteiger partial charge on any atom is 0.247 e. The molecular formula is C35H35N11O. The van der Waals surface area contributed by atoms with Gasteiger partial charge in [-0.15, -0.1) is 0 Å². The van der Waals surface area contributed by atoms with Gasteiger partial charge < -0.3 is 10.1 Å². The summed E-state index contributed by atoms with van der Waals surface area (Å²) in [5.41, 5.74) is 14.2. The third kappa shape index (κ3) is 6.86. The van der Waals surface area contributed by atoms with E-state index < -0.39 is 0 Å². The predicted molar refractivity (Wildman–Crippen MR) is 187 cm³/mol. The van der Waals surface area contributed by atoms with Crippen molar-refractivity contribution in [1.82, 2.24) is 29.5 Å². The van der Waals surface area contributed by atoms with E-state index in [1.165, 1.54) is 0 Å². The van der Waals surface area contributed by atoms with Crippen LogP contribution in [-0.2, 0) is 0 Å². The van der Waals surface area contributed by atoms with Gasteiger partial charge in [0.1, 0.15) is 11.6 Å². The molecule has 0 aliphatic heterocycles. The molecule has 0 amide bonds. The van der Waals surface area contributed by atoms with Crippen LogP contribution in [0.5, 0.6) is 5.75 Å². The summed E-state index contributed by atoms with van der Waals surface area (Å²) in [7, 11) is 1.62. The Bertz CT molecular complexity index is 1930. The van der Waals surface area contributed by atoms with Crippen LogP contribution in [0.4, 0.5) is 23.3 Å². The number of para-hydroxylation sites is 4. The summed E-state index contributed by atoms with van der Waals surface area (Å²) in [6.07, 6.45) is 3.47. The highest BCUT2D eigenvalue weighted by molar-refractivity contribution is 5.84. The Kier molecular flexibility index (Phi) is 9.00. The minimum atomic E-state index is 0.258. The monoisotopic (exact) mass is 625 g/mol. The molecule has 47 heavy (non-hydrogen) atoms. The number of nitrogens with zero attached hydrogens (tertiary/aromatic N) is 8. The molecule has 3 aromatic carbocycles. The van der Waals surface area contributed by atoms with Gasteiger partial charge in [0.2, 0.25) is 5.95 Å². The lowest BCUT2D eigenvalue weighted by Gasteiger charge is -2.12. The van der Waals surface area contributed by atoms with Crippen LogP contribution in [0.3, 0.4) is 0 Å². The summed E-state index contributed by atoms with van der Waals surface area (Å²) in [6.45, 7) is 7.94. The van der Waals surface area contributed by atoms with Gasteiger partial charge >= 0.3 is 0 Å². The Labute approximate surface area is 272 Å². The van der Waals surface area contributed by atoms with Crippen molar-refractivity contribution in [2.75, 3.05) is 23.3 Å². The van der Waals surface area contributed by atoms with Crippen LogP contribution in [-0.4, -0.2) is 49.1 Å². The summed E-state index contributed by atoms with van der Waals surface area (Å²) >= 11 is 0. The zero-order chi connectivity index (χ0) is 32.8. The van der Waals surface area contributed by atoms with Gasteiger partial charge in [-0.05, 0) is 64.1 Å². The van der Waals surface area contributed by atoms with Crippen molar-refractivity contribution in [2.24, 2.45) is 10.2 Å². The molecule has 3 heterocycles. The second-order valence-electron chi connectivity index (χ2n) is 10.7. The normalized spacial score (nSPS) is 11.3. The summed E-state index contributed by atoms with van der Waals surface area (Å²) in [4.78, 5) is 9.24. The highest BCUT2D eigenvalue weighted by Crippen LogP contribution is 2.28. The number of hydrogen-bond donors (Lipinski definition) is 3. The van der Waals surface area contributed by atoms with Gasteiger partial charge in [0, 0.05) is 17.2 Å². The van der Waals surface area contributed by atoms with Crippen molar-refractivity contribution >= 4 is 35.7 Å². The summed E-state index contributed by atoms with van der Waals surface area (Å²) in [6, 6.07) is 29.3. The van der Waals surface area contributed by atoms with Gasteiger partial charge in [0.15, 0.2) is 5.82 Å². The van der Waals surface area contributed by atoms with Gasteiger partial charge in [0.25, 0.3) is 0 Å². The molecule has 0 unspecified atom stereocenters. The lowest BCUT2D eigenvalue weighted by atomic mass is 10.2. The van der Waals surface area contributed by atoms with E-state index in [9.17, 15) is 0 Å². The van der Waals surface area contributed by atoms with Gasteiger partial charge in [-0.3, -0.25) is 5.43 Å². The smallest absolute Gasteiger partial charge is 0.247 e. The first-order valence-corrected chi connectivity index (χ1v) is 15.0. The lowest BCUT2D eigenvalue weighted by molar-refractivity contribution is 0.417. The SMILES string of the molecule is COc1ccccc1Nc1cc(NN=Cc2c(C)nn(-c3ccccc3)c2C)nc(NN=Cc2c(C)nn(-c3ccccc3)c2C)n1. The minimum Gasteiger partial charge on any atom is -0.495 e. The first-order chi connectivity index (χ1) is 22.9. The molecule has 0 aliphatic carbocycles. The number of benzene rings is 3. The average Bonchev–Trinajstić information content (AvgIpc) is 3.54. The molecule has 0 spiro atoms. The van der Waals surface area contributed by atoms with Crippen molar-refractivity contribution in [1.29, 1.82) is 0 Å². The molecule has 3 aromatic heterocycles. The highest BCUT2D eigenvalue weighted by atomic mass is 16.5. The molecule has 0 bridgehead atoms. The largest absolute Gasteiger partial charge is 0.495 e. The van der Waals surface area contributed by atoms with Crippen LogP contribution in [0.25, 0.3) is 11.4 Å². The summed E-state index contributed by atoms with van der Waals surface area (Å²) in [5.74, 6) is 1.89. The molecule has 236 valence electrons. The van der Waals surface area contributed by atoms with Crippen LogP contribution in [0.1, 0.15) is 33.9 Å². The van der Waals surface area contributed by atoms with Crippen LogP contribution in [0, 0.1) is 27.7 Å². The molecule has 0 radical (unpaired) electrons. The predicted octanol–water partition coefficient (Wildman–Crippen LogP) is 6.73. The first-order valence-electron chi connectivity index (χ1n) is 15.0. The molecule has 12 heteroatoms. The second kappa shape index (κ2) is 13.8. The second-order valence-corrected chi connectivity index (χ2v) is 10.7. The fourth-order valence-electron chi connectivity index (χ4n) is 5.15. The van der Waals surface area contributed by atoms with Gasteiger partial charge in [-0.25, -0.2) is 14.8 Å². The Hall–Kier alpha value is -6.30. The molecule has 0 saturated carbocycles. The molecule has 6 aromatic rings. The van der Waals surface area contributed by atoms with Crippen molar-refractivity contribution in [2.45, 2.75) is 27.7 Å². The van der Waals surface area contributed by atoms with E-state index in [1.54, 1.807) is 25.6 Å². The molecule has 6 rings (SSSR count). The van der Waals surface area contributed by atoms with Gasteiger partial charge in [-0.1, -0.05) is 48.5 Å². The fourth-order valence-corrected chi connectivity index (χ4v) is 5.15. The summed E-state index contributed by atoms with van der Waals surface area (Å²) in [5, 5.41) is 21.7. The number of methoxy groups -OCH3 is 1. The molecule has 0 aliphatic rings. The molecule has 0 fully saturated rings. The van der Waals surface area contributed by atoms with Crippen LogP contribution in [0.2, 0.25) is 0 Å². The number of aryl methyl sites for hydroxylation is 2. The standard InChI is InChI=1S/C35H35N11O/c1-23-29(25(3)45(43-23)27-14-8-6-9-15-27)21-36-41-34-20-33(38-31-18-12-13-19-32(31)47-5)39-35(40-34)42-37-22-30-24(2)44-46(26(30)4)28-16-10-7-11-17-28/h6-22H,1-5H3,(H3,38,39,40,41,42). The number of rotatable bonds is 11. The third-order valence-electron chi connectivity index (χ3n) is 7.52. The molecule has 12 nitrogen and oxygen atoms in total. The quantitative estimate of drug-likeness (QED) is 0.107. The molecule has 0 saturated heterocycles. The van der Waals surface area contributed by atoms with E-state index in [-0.39, 0.29) is 5.95 Å². The van der Waals surface area contributed by atoms with E-state index >= 15 is 0 Å². The lowest BCUT2D eigenvalue weighted by Crippen LogP contribution is -2.05. The zero-order valence-electron chi connectivity index (χ0n) is 26.8. The topological polar surface area (TPSA) is 131 Å². The Morgan fingerprint density at radius 1 is 0.638 bits per heavy atom. The Morgan fingerprint density at radius 3 is 1.72 bits per heavy atom. The Morgan fingerprint density at radius 2 is 1.15 bits per heavy atom. The average molecular weight is 626 g/mol. The fraction of sp³-hybridized carbons (Fsp3) is 0.143. The number of hydrogen-bond acceptors (Lipinski definition) is 10. The van der Waals surface area contributed by atoms with Crippen molar-refractivity contribution < 1.29 is 4.74 Å². The maximum atomic E-state index is 5.52.